The third kappa shape index (κ3) is 2.96. The Balaban J connectivity index is 2.36. The van der Waals surface area contributed by atoms with Crippen molar-refractivity contribution in [2.75, 3.05) is 4.72 Å². The van der Waals surface area contributed by atoms with Gasteiger partial charge in [0.2, 0.25) is 5.03 Å². The fourth-order valence-corrected chi connectivity index (χ4v) is 3.41. The quantitative estimate of drug-likeness (QED) is 0.923. The molecule has 20 heavy (non-hydrogen) atoms. The largest absolute Gasteiger partial charge is 0.324 e. The second kappa shape index (κ2) is 5.85. The molecular formula is C13H16ClN3O2S. The van der Waals surface area contributed by atoms with Crippen molar-refractivity contribution in [1.29, 1.82) is 0 Å². The van der Waals surface area contributed by atoms with Crippen LogP contribution in [-0.2, 0) is 23.5 Å². The zero-order valence-electron chi connectivity index (χ0n) is 11.3. The molecule has 0 unspecified atom stereocenters. The minimum Gasteiger partial charge on any atom is -0.324 e. The van der Waals surface area contributed by atoms with Gasteiger partial charge >= 0.3 is 0 Å². The van der Waals surface area contributed by atoms with E-state index in [0.29, 0.717) is 5.69 Å². The Morgan fingerprint density at radius 2 is 2.05 bits per heavy atom. The Bertz CT molecular complexity index is 710. The number of nitrogens with zero attached hydrogens (tertiary/aromatic N) is 2. The number of halogens is 1. The van der Waals surface area contributed by atoms with E-state index in [1.807, 2.05) is 19.1 Å². The van der Waals surface area contributed by atoms with Crippen LogP contribution in [0.4, 0.5) is 5.69 Å². The molecule has 2 rings (SSSR count). The summed E-state index contributed by atoms with van der Waals surface area (Å²) in [6, 6.07) is 7.31. The van der Waals surface area contributed by atoms with Crippen LogP contribution in [0, 0.1) is 0 Å². The van der Waals surface area contributed by atoms with E-state index in [-0.39, 0.29) is 10.2 Å². The summed E-state index contributed by atoms with van der Waals surface area (Å²) in [4.78, 5) is 3.84. The lowest BCUT2D eigenvalue weighted by molar-refractivity contribution is 0.598. The van der Waals surface area contributed by atoms with E-state index >= 15 is 0 Å². The first-order chi connectivity index (χ1) is 9.45. The molecule has 0 aliphatic carbocycles. The molecule has 108 valence electrons. The average Bonchev–Trinajstić information content (AvgIpc) is 2.73. The van der Waals surface area contributed by atoms with Gasteiger partial charge in [-0.05, 0) is 18.1 Å². The molecule has 0 aliphatic rings. The zero-order chi connectivity index (χ0) is 14.8. The Kier molecular flexibility index (Phi) is 4.35. The SMILES string of the molecule is CCCc1ccccc1NS(=O)(=O)c1ncn(C)c1Cl. The van der Waals surface area contributed by atoms with Crippen molar-refractivity contribution in [2.24, 2.45) is 7.05 Å². The zero-order valence-corrected chi connectivity index (χ0v) is 12.9. The number of hydrogen-bond acceptors (Lipinski definition) is 3. The number of anilines is 1. The molecule has 0 radical (unpaired) electrons. The minimum absolute atomic E-state index is 0.0884. The molecule has 0 atom stereocenters. The molecular weight excluding hydrogens is 298 g/mol. The number of aryl methyl sites for hydroxylation is 2. The van der Waals surface area contributed by atoms with E-state index in [9.17, 15) is 8.42 Å². The van der Waals surface area contributed by atoms with Gasteiger partial charge in [-0.3, -0.25) is 4.72 Å². The molecule has 7 heteroatoms. The predicted octanol–water partition coefficient (Wildman–Crippen LogP) is 2.83. The normalized spacial score (nSPS) is 11.6. The fraction of sp³-hybridized carbons (Fsp3) is 0.308. The summed E-state index contributed by atoms with van der Waals surface area (Å²) >= 11 is 5.94. The number of hydrogen-bond donors (Lipinski definition) is 1. The lowest BCUT2D eigenvalue weighted by Crippen LogP contribution is -2.15. The monoisotopic (exact) mass is 313 g/mol. The minimum atomic E-state index is -3.78. The van der Waals surface area contributed by atoms with Crippen LogP contribution in [0.15, 0.2) is 35.6 Å². The lowest BCUT2D eigenvalue weighted by atomic mass is 10.1. The van der Waals surface area contributed by atoms with Crippen LogP contribution >= 0.6 is 11.6 Å². The molecule has 0 bridgehead atoms. The summed E-state index contributed by atoms with van der Waals surface area (Å²) in [6.45, 7) is 2.04. The van der Waals surface area contributed by atoms with Crippen molar-refractivity contribution in [1.82, 2.24) is 9.55 Å². The third-order valence-corrected chi connectivity index (χ3v) is 4.72. The van der Waals surface area contributed by atoms with Crippen LogP contribution in [0.5, 0.6) is 0 Å². The van der Waals surface area contributed by atoms with Gasteiger partial charge in [0.1, 0.15) is 5.15 Å². The third-order valence-electron chi connectivity index (χ3n) is 2.87. The number of aromatic nitrogens is 2. The number of nitrogens with one attached hydrogen (secondary N) is 1. The van der Waals surface area contributed by atoms with Crippen LogP contribution in [0.25, 0.3) is 0 Å². The van der Waals surface area contributed by atoms with Crippen molar-refractivity contribution >= 4 is 27.3 Å². The van der Waals surface area contributed by atoms with E-state index in [2.05, 4.69) is 9.71 Å². The summed E-state index contributed by atoms with van der Waals surface area (Å²) in [5.41, 5.74) is 1.52. The first-order valence-corrected chi connectivity index (χ1v) is 8.09. The number of benzene rings is 1. The summed E-state index contributed by atoms with van der Waals surface area (Å²) < 4.78 is 28.6. The second-order valence-corrected chi connectivity index (χ2v) is 6.42. The van der Waals surface area contributed by atoms with Crippen LogP contribution in [0.2, 0.25) is 5.15 Å². The highest BCUT2D eigenvalue weighted by Crippen LogP contribution is 2.24. The van der Waals surface area contributed by atoms with Crippen LogP contribution in [-0.4, -0.2) is 18.0 Å². The molecule has 0 aliphatic heterocycles. The molecule has 1 N–H and O–H groups in total. The second-order valence-electron chi connectivity index (χ2n) is 4.46. The molecule has 0 saturated carbocycles. The van der Waals surface area contributed by atoms with E-state index in [4.69, 9.17) is 11.6 Å². The number of sulfonamides is 1. The summed E-state index contributed by atoms with van der Waals surface area (Å²) in [5, 5.41) is -0.0709. The van der Waals surface area contributed by atoms with Gasteiger partial charge in [-0.1, -0.05) is 43.1 Å². The summed E-state index contributed by atoms with van der Waals surface area (Å²) in [6.07, 6.45) is 3.10. The first-order valence-electron chi connectivity index (χ1n) is 6.23. The molecule has 0 amide bonds. The highest BCUT2D eigenvalue weighted by atomic mass is 35.5. The van der Waals surface area contributed by atoms with Crippen molar-refractivity contribution < 1.29 is 8.42 Å². The summed E-state index contributed by atoms with van der Waals surface area (Å²) in [5.74, 6) is 0. The molecule has 1 aromatic carbocycles. The first kappa shape index (κ1) is 14.9. The fourth-order valence-electron chi connectivity index (χ4n) is 1.87. The maximum Gasteiger partial charge on any atom is 0.282 e. The smallest absolute Gasteiger partial charge is 0.282 e. The predicted molar refractivity (Wildman–Crippen MR) is 79.5 cm³/mol. The van der Waals surface area contributed by atoms with Gasteiger partial charge in [-0.2, -0.15) is 8.42 Å². The Morgan fingerprint density at radius 3 is 2.65 bits per heavy atom. The van der Waals surface area contributed by atoms with Gasteiger partial charge in [0, 0.05) is 7.05 Å². The Hall–Kier alpha value is -1.53. The van der Waals surface area contributed by atoms with Crippen molar-refractivity contribution in [3.63, 3.8) is 0 Å². The van der Waals surface area contributed by atoms with Crippen molar-refractivity contribution in [3.8, 4) is 0 Å². The average molecular weight is 314 g/mol. The molecule has 0 saturated heterocycles. The van der Waals surface area contributed by atoms with Gasteiger partial charge in [-0.25, -0.2) is 4.98 Å². The van der Waals surface area contributed by atoms with Crippen LogP contribution in [0.3, 0.4) is 0 Å². The maximum atomic E-state index is 12.3. The molecule has 1 heterocycles. The number of imidazole rings is 1. The van der Waals surface area contributed by atoms with E-state index < -0.39 is 10.0 Å². The molecule has 5 nitrogen and oxygen atoms in total. The lowest BCUT2D eigenvalue weighted by Gasteiger charge is -2.11. The topological polar surface area (TPSA) is 64.0 Å². The van der Waals surface area contributed by atoms with E-state index in [1.165, 1.54) is 10.9 Å². The highest BCUT2D eigenvalue weighted by Gasteiger charge is 2.23. The molecule has 0 spiro atoms. The van der Waals surface area contributed by atoms with Crippen LogP contribution < -0.4 is 4.72 Å². The van der Waals surface area contributed by atoms with Gasteiger partial charge < -0.3 is 4.57 Å². The van der Waals surface area contributed by atoms with Gasteiger partial charge in [0.15, 0.2) is 0 Å². The Morgan fingerprint density at radius 1 is 1.35 bits per heavy atom. The standard InChI is InChI=1S/C13H16ClN3O2S/c1-3-6-10-7-4-5-8-11(10)16-20(18,19)13-12(14)17(2)9-15-13/h4-5,7-9,16H,3,6H2,1-2H3. The van der Waals surface area contributed by atoms with E-state index in [1.54, 1.807) is 19.2 Å². The molecule has 2 aromatic rings. The Labute approximate surface area is 123 Å². The molecule has 0 fully saturated rings. The maximum absolute atomic E-state index is 12.3. The van der Waals surface area contributed by atoms with E-state index in [0.717, 1.165) is 18.4 Å². The molecule has 1 aromatic heterocycles. The van der Waals surface area contributed by atoms with Crippen molar-refractivity contribution in [3.05, 3.63) is 41.3 Å². The number of para-hydroxylation sites is 1. The number of rotatable bonds is 5. The highest BCUT2D eigenvalue weighted by molar-refractivity contribution is 7.92. The summed E-state index contributed by atoms with van der Waals surface area (Å²) in [7, 11) is -2.14. The van der Waals surface area contributed by atoms with Crippen LogP contribution in [0.1, 0.15) is 18.9 Å². The van der Waals surface area contributed by atoms with Crippen molar-refractivity contribution in [2.45, 2.75) is 24.8 Å². The van der Waals surface area contributed by atoms with Gasteiger partial charge in [-0.15, -0.1) is 0 Å². The van der Waals surface area contributed by atoms with Gasteiger partial charge in [0.05, 0.1) is 12.0 Å². The van der Waals surface area contributed by atoms with Gasteiger partial charge in [0.25, 0.3) is 10.0 Å².